The molecule has 1 N–H and O–H groups in total. The number of benzene rings is 1. The molecule has 16 heavy (non-hydrogen) atoms. The predicted octanol–water partition coefficient (Wildman–Crippen LogP) is 1.96. The van der Waals surface area contributed by atoms with E-state index in [1.54, 1.807) is 0 Å². The standard InChI is InChI=1S/C11H5FN4/c12-8-3-1-7(2-4-8)11-15-9(5-13)10(6-14)16-11/h1-4H,(H,15,16). The molecule has 0 unspecified atom stereocenters. The van der Waals surface area contributed by atoms with Gasteiger partial charge in [0.05, 0.1) is 0 Å². The summed E-state index contributed by atoms with van der Waals surface area (Å²) in [5, 5.41) is 17.4. The first kappa shape index (κ1) is 9.88. The van der Waals surface area contributed by atoms with Crippen LogP contribution in [0.25, 0.3) is 11.4 Å². The molecule has 1 aromatic heterocycles. The maximum atomic E-state index is 12.7. The smallest absolute Gasteiger partial charge is 0.177 e. The second-order valence-electron chi connectivity index (χ2n) is 3.04. The topological polar surface area (TPSA) is 76.3 Å². The Hall–Kier alpha value is -2.66. The van der Waals surface area contributed by atoms with Crippen LogP contribution in [-0.4, -0.2) is 9.97 Å². The Labute approximate surface area is 90.6 Å². The van der Waals surface area contributed by atoms with E-state index in [4.69, 9.17) is 10.5 Å². The van der Waals surface area contributed by atoms with Gasteiger partial charge in [-0.1, -0.05) is 0 Å². The lowest BCUT2D eigenvalue weighted by molar-refractivity contribution is 0.628. The van der Waals surface area contributed by atoms with E-state index in [1.807, 2.05) is 12.1 Å². The molecule has 0 atom stereocenters. The van der Waals surface area contributed by atoms with Crippen molar-refractivity contribution in [2.45, 2.75) is 0 Å². The summed E-state index contributed by atoms with van der Waals surface area (Å²) in [4.78, 5) is 6.64. The van der Waals surface area contributed by atoms with Crippen LogP contribution in [0.4, 0.5) is 4.39 Å². The number of H-pyrrole nitrogens is 1. The van der Waals surface area contributed by atoms with Gasteiger partial charge in [0.2, 0.25) is 0 Å². The summed E-state index contributed by atoms with van der Waals surface area (Å²) in [7, 11) is 0. The fourth-order valence-electron chi connectivity index (χ4n) is 1.28. The third kappa shape index (κ3) is 1.62. The number of imidazole rings is 1. The van der Waals surface area contributed by atoms with Gasteiger partial charge in [0.1, 0.15) is 23.8 Å². The minimum Gasteiger partial charge on any atom is -0.329 e. The van der Waals surface area contributed by atoms with Crippen molar-refractivity contribution in [2.75, 3.05) is 0 Å². The van der Waals surface area contributed by atoms with Crippen molar-refractivity contribution >= 4 is 0 Å². The number of nitriles is 2. The number of aromatic amines is 1. The van der Waals surface area contributed by atoms with Crippen molar-refractivity contribution in [1.29, 1.82) is 10.5 Å². The molecular formula is C11H5FN4. The van der Waals surface area contributed by atoms with Crippen LogP contribution in [0, 0.1) is 28.5 Å². The maximum absolute atomic E-state index is 12.7. The zero-order valence-electron chi connectivity index (χ0n) is 8.03. The SMILES string of the molecule is N#Cc1nc(-c2ccc(F)cc2)[nH]c1C#N. The summed E-state index contributed by atoms with van der Waals surface area (Å²) in [6, 6.07) is 9.27. The normalized spacial score (nSPS) is 9.44. The van der Waals surface area contributed by atoms with Crippen LogP contribution in [0.15, 0.2) is 24.3 Å². The molecule has 2 aromatic rings. The summed E-state index contributed by atoms with van der Waals surface area (Å²) in [5.41, 5.74) is 0.781. The lowest BCUT2D eigenvalue weighted by Gasteiger charge is -1.94. The van der Waals surface area contributed by atoms with E-state index < -0.39 is 0 Å². The Morgan fingerprint density at radius 1 is 1.12 bits per heavy atom. The minimum atomic E-state index is -0.351. The Kier molecular flexibility index (Phi) is 2.37. The zero-order valence-corrected chi connectivity index (χ0v) is 8.03. The number of nitrogens with zero attached hydrogens (tertiary/aromatic N) is 3. The molecule has 0 radical (unpaired) electrons. The van der Waals surface area contributed by atoms with Crippen LogP contribution in [0.2, 0.25) is 0 Å². The van der Waals surface area contributed by atoms with Crippen LogP contribution >= 0.6 is 0 Å². The van der Waals surface area contributed by atoms with E-state index in [9.17, 15) is 4.39 Å². The number of hydrogen-bond donors (Lipinski definition) is 1. The van der Waals surface area contributed by atoms with Crippen molar-refractivity contribution in [3.8, 4) is 23.5 Å². The highest BCUT2D eigenvalue weighted by atomic mass is 19.1. The van der Waals surface area contributed by atoms with Crippen molar-refractivity contribution in [3.05, 3.63) is 41.5 Å². The Balaban J connectivity index is 2.50. The number of hydrogen-bond acceptors (Lipinski definition) is 3. The van der Waals surface area contributed by atoms with Gasteiger partial charge in [0.15, 0.2) is 11.4 Å². The molecule has 1 heterocycles. The second-order valence-corrected chi connectivity index (χ2v) is 3.04. The van der Waals surface area contributed by atoms with E-state index in [2.05, 4.69) is 9.97 Å². The van der Waals surface area contributed by atoms with Crippen LogP contribution in [-0.2, 0) is 0 Å². The number of rotatable bonds is 1. The third-order valence-electron chi connectivity index (χ3n) is 2.04. The van der Waals surface area contributed by atoms with Gasteiger partial charge in [0, 0.05) is 5.56 Å². The van der Waals surface area contributed by atoms with E-state index in [0.29, 0.717) is 11.4 Å². The maximum Gasteiger partial charge on any atom is 0.177 e. The molecule has 0 bridgehead atoms. The van der Waals surface area contributed by atoms with E-state index in [-0.39, 0.29) is 17.2 Å². The van der Waals surface area contributed by atoms with Gasteiger partial charge >= 0.3 is 0 Å². The van der Waals surface area contributed by atoms with Gasteiger partial charge < -0.3 is 4.98 Å². The lowest BCUT2D eigenvalue weighted by atomic mass is 10.2. The summed E-state index contributed by atoms with van der Waals surface area (Å²) >= 11 is 0. The zero-order chi connectivity index (χ0) is 11.5. The molecule has 1 aromatic carbocycles. The van der Waals surface area contributed by atoms with Crippen LogP contribution < -0.4 is 0 Å². The molecular weight excluding hydrogens is 207 g/mol. The molecule has 2 rings (SSSR count). The summed E-state index contributed by atoms with van der Waals surface area (Å²) in [5.74, 6) is 0.0319. The molecule has 5 heteroatoms. The van der Waals surface area contributed by atoms with Crippen molar-refractivity contribution < 1.29 is 4.39 Å². The average Bonchev–Trinajstić information content (AvgIpc) is 2.73. The first-order chi connectivity index (χ1) is 7.74. The molecule has 0 fully saturated rings. The second kappa shape index (κ2) is 3.84. The predicted molar refractivity (Wildman–Crippen MR) is 53.4 cm³/mol. The summed E-state index contributed by atoms with van der Waals surface area (Å²) < 4.78 is 12.7. The summed E-state index contributed by atoms with van der Waals surface area (Å²) in [6.45, 7) is 0. The first-order valence-corrected chi connectivity index (χ1v) is 4.40. The van der Waals surface area contributed by atoms with Gasteiger partial charge in [-0.15, -0.1) is 0 Å². The van der Waals surface area contributed by atoms with Crippen LogP contribution in [0.5, 0.6) is 0 Å². The molecule has 0 spiro atoms. The highest BCUT2D eigenvalue weighted by Gasteiger charge is 2.10. The number of nitrogens with one attached hydrogen (secondary N) is 1. The van der Waals surface area contributed by atoms with E-state index in [1.165, 1.54) is 24.3 Å². The van der Waals surface area contributed by atoms with Gasteiger partial charge in [0.25, 0.3) is 0 Å². The molecule has 4 nitrogen and oxygen atoms in total. The largest absolute Gasteiger partial charge is 0.329 e. The summed E-state index contributed by atoms with van der Waals surface area (Å²) in [6.07, 6.45) is 0. The Morgan fingerprint density at radius 2 is 1.81 bits per heavy atom. The highest BCUT2D eigenvalue weighted by molar-refractivity contribution is 5.58. The first-order valence-electron chi connectivity index (χ1n) is 4.40. The van der Waals surface area contributed by atoms with Gasteiger partial charge in [-0.05, 0) is 24.3 Å². The molecule has 0 aliphatic heterocycles. The third-order valence-corrected chi connectivity index (χ3v) is 2.04. The lowest BCUT2D eigenvalue weighted by Crippen LogP contribution is -1.81. The fourth-order valence-corrected chi connectivity index (χ4v) is 1.28. The van der Waals surface area contributed by atoms with E-state index in [0.717, 1.165) is 0 Å². The van der Waals surface area contributed by atoms with Crippen molar-refractivity contribution in [3.63, 3.8) is 0 Å². The molecule has 76 valence electrons. The highest BCUT2D eigenvalue weighted by Crippen LogP contribution is 2.17. The van der Waals surface area contributed by atoms with Gasteiger partial charge in [-0.3, -0.25) is 0 Å². The number of aromatic nitrogens is 2. The number of halogens is 1. The Morgan fingerprint density at radius 3 is 2.31 bits per heavy atom. The van der Waals surface area contributed by atoms with Crippen molar-refractivity contribution in [1.82, 2.24) is 9.97 Å². The van der Waals surface area contributed by atoms with E-state index >= 15 is 0 Å². The van der Waals surface area contributed by atoms with Gasteiger partial charge in [-0.25, -0.2) is 9.37 Å². The molecule has 0 aliphatic rings. The molecule has 0 aliphatic carbocycles. The van der Waals surface area contributed by atoms with Gasteiger partial charge in [-0.2, -0.15) is 10.5 Å². The Bertz CT molecular complexity index is 567. The van der Waals surface area contributed by atoms with Crippen LogP contribution in [0.3, 0.4) is 0 Å². The molecule has 0 amide bonds. The molecule has 0 saturated heterocycles. The molecule has 0 saturated carbocycles. The monoisotopic (exact) mass is 212 g/mol. The van der Waals surface area contributed by atoms with Crippen molar-refractivity contribution in [2.24, 2.45) is 0 Å². The fraction of sp³-hybridized carbons (Fsp3) is 0. The quantitative estimate of drug-likeness (QED) is 0.784. The average molecular weight is 212 g/mol. The van der Waals surface area contributed by atoms with Crippen LogP contribution in [0.1, 0.15) is 11.4 Å². The minimum absolute atomic E-state index is 0.0434.